The predicted molar refractivity (Wildman–Crippen MR) is 113 cm³/mol. The van der Waals surface area contributed by atoms with Crippen LogP contribution >= 0.6 is 0 Å². The second-order valence-corrected chi connectivity index (χ2v) is 6.66. The summed E-state index contributed by atoms with van der Waals surface area (Å²) in [5, 5.41) is 3.89. The number of hydrogen-bond acceptors (Lipinski definition) is 7. The molecule has 0 spiro atoms. The number of oxime groups is 1. The number of aromatic nitrogens is 1. The van der Waals surface area contributed by atoms with Gasteiger partial charge in [0.2, 0.25) is 0 Å². The minimum absolute atomic E-state index is 0.329. The van der Waals surface area contributed by atoms with Gasteiger partial charge in [0.1, 0.15) is 18.1 Å². The highest BCUT2D eigenvalue weighted by atomic mass is 16.7. The third-order valence-corrected chi connectivity index (χ3v) is 4.59. The van der Waals surface area contributed by atoms with E-state index in [2.05, 4.69) is 10.1 Å². The van der Waals surface area contributed by atoms with Crippen LogP contribution in [0.25, 0.3) is 6.08 Å². The molecule has 2 aromatic carbocycles. The summed E-state index contributed by atoms with van der Waals surface area (Å²) in [6.07, 6.45) is 5.17. The number of esters is 1. The van der Waals surface area contributed by atoms with Crippen LogP contribution in [0.3, 0.4) is 0 Å². The normalized spacial score (nSPS) is 14.2. The molecule has 0 saturated heterocycles. The number of pyridine rings is 1. The number of hydrogen-bond donors (Lipinski definition) is 0. The molecule has 7 nitrogen and oxygen atoms in total. The van der Waals surface area contributed by atoms with Crippen LogP contribution in [0.2, 0.25) is 0 Å². The van der Waals surface area contributed by atoms with Gasteiger partial charge in [0.15, 0.2) is 0 Å². The van der Waals surface area contributed by atoms with Crippen molar-refractivity contribution in [1.29, 1.82) is 0 Å². The summed E-state index contributed by atoms with van der Waals surface area (Å²) in [6.45, 7) is 0.416. The zero-order valence-corrected chi connectivity index (χ0v) is 16.6. The van der Waals surface area contributed by atoms with E-state index in [1.807, 2.05) is 36.4 Å². The fourth-order valence-electron chi connectivity index (χ4n) is 2.98. The first-order valence-corrected chi connectivity index (χ1v) is 9.46. The number of ether oxygens (including phenoxy) is 2. The van der Waals surface area contributed by atoms with Crippen LogP contribution in [-0.4, -0.2) is 29.7 Å². The van der Waals surface area contributed by atoms with E-state index in [0.717, 1.165) is 11.1 Å². The van der Waals surface area contributed by atoms with E-state index in [1.54, 1.807) is 42.7 Å². The lowest BCUT2D eigenvalue weighted by Crippen LogP contribution is -2.08. The van der Waals surface area contributed by atoms with Crippen molar-refractivity contribution in [3.8, 4) is 5.75 Å². The molecular weight excluding hydrogens is 396 g/mol. The number of carbonyl (C=O) groups is 2. The van der Waals surface area contributed by atoms with Gasteiger partial charge in [-0.05, 0) is 42.0 Å². The van der Waals surface area contributed by atoms with Gasteiger partial charge in [0.05, 0.1) is 18.2 Å². The summed E-state index contributed by atoms with van der Waals surface area (Å²) in [5.41, 5.74) is 3.56. The number of carbonyl (C=O) groups excluding carboxylic acids is 2. The molecule has 1 aliphatic heterocycles. The van der Waals surface area contributed by atoms with Crippen LogP contribution in [0.1, 0.15) is 27.0 Å². The van der Waals surface area contributed by atoms with Crippen molar-refractivity contribution in [2.45, 2.75) is 6.61 Å². The summed E-state index contributed by atoms with van der Waals surface area (Å²) < 4.78 is 10.5. The molecule has 0 atom stereocenters. The molecule has 1 aromatic heterocycles. The van der Waals surface area contributed by atoms with Gasteiger partial charge >= 0.3 is 11.9 Å². The second kappa shape index (κ2) is 9.04. The molecule has 0 bridgehead atoms. The largest absolute Gasteiger partial charge is 0.489 e. The Bertz CT molecular complexity index is 1150. The second-order valence-electron chi connectivity index (χ2n) is 6.66. The Morgan fingerprint density at radius 3 is 2.52 bits per heavy atom. The van der Waals surface area contributed by atoms with Crippen LogP contribution in [0, 0.1) is 0 Å². The quantitative estimate of drug-likeness (QED) is 0.346. The molecule has 1 aliphatic rings. The number of rotatable bonds is 6. The van der Waals surface area contributed by atoms with Crippen LogP contribution in [-0.2, 0) is 21.0 Å². The molecule has 0 fully saturated rings. The molecule has 0 amide bonds. The van der Waals surface area contributed by atoms with E-state index in [0.29, 0.717) is 34.8 Å². The maximum absolute atomic E-state index is 12.2. The van der Waals surface area contributed by atoms with Gasteiger partial charge < -0.3 is 14.3 Å². The predicted octanol–water partition coefficient (Wildman–Crippen LogP) is 3.79. The fraction of sp³-hybridized carbons (Fsp3) is 0.0833. The van der Waals surface area contributed by atoms with Crippen molar-refractivity contribution in [2.24, 2.45) is 5.16 Å². The molecule has 0 aliphatic carbocycles. The minimum atomic E-state index is -0.538. The molecule has 2 heterocycles. The molecule has 0 unspecified atom stereocenters. The van der Waals surface area contributed by atoms with Gasteiger partial charge in [-0.3, -0.25) is 4.98 Å². The zero-order chi connectivity index (χ0) is 21.6. The maximum Gasteiger partial charge on any atom is 0.368 e. The zero-order valence-electron chi connectivity index (χ0n) is 16.6. The lowest BCUT2D eigenvalue weighted by molar-refractivity contribution is -0.136. The lowest BCUT2D eigenvalue weighted by Gasteiger charge is -2.06. The summed E-state index contributed by atoms with van der Waals surface area (Å²) in [5.74, 6) is -0.273. The van der Waals surface area contributed by atoms with Crippen LogP contribution in [0.5, 0.6) is 5.75 Å². The molecule has 0 saturated carbocycles. The van der Waals surface area contributed by atoms with Gasteiger partial charge in [-0.2, -0.15) is 0 Å². The van der Waals surface area contributed by atoms with Gasteiger partial charge in [0, 0.05) is 23.5 Å². The fourth-order valence-corrected chi connectivity index (χ4v) is 2.98. The average Bonchev–Trinajstić information content (AvgIpc) is 3.19. The van der Waals surface area contributed by atoms with E-state index in [1.165, 1.54) is 7.11 Å². The van der Waals surface area contributed by atoms with Crippen LogP contribution in [0.4, 0.5) is 0 Å². The van der Waals surface area contributed by atoms with E-state index in [4.69, 9.17) is 14.3 Å². The van der Waals surface area contributed by atoms with E-state index in [-0.39, 0.29) is 0 Å². The van der Waals surface area contributed by atoms with Crippen molar-refractivity contribution in [3.05, 3.63) is 101 Å². The van der Waals surface area contributed by atoms with Crippen molar-refractivity contribution < 1.29 is 23.9 Å². The third-order valence-electron chi connectivity index (χ3n) is 4.59. The Morgan fingerprint density at radius 1 is 1.06 bits per heavy atom. The summed E-state index contributed by atoms with van der Waals surface area (Å²) >= 11 is 0. The summed E-state index contributed by atoms with van der Waals surface area (Å²) in [4.78, 5) is 32.7. The Hall–Kier alpha value is -4.26. The molecule has 0 radical (unpaired) electrons. The van der Waals surface area contributed by atoms with Crippen molar-refractivity contribution in [1.82, 2.24) is 4.98 Å². The van der Waals surface area contributed by atoms with Gasteiger partial charge in [0.25, 0.3) is 0 Å². The SMILES string of the molecule is COC(=O)c1ccc(C2=NOC(=O)/C2=C\c2ccc(OCc3cccnc3)cc2)cc1. The molecule has 154 valence electrons. The first-order chi connectivity index (χ1) is 15.1. The van der Waals surface area contributed by atoms with Gasteiger partial charge in [-0.15, -0.1) is 0 Å². The molecule has 7 heteroatoms. The molecule has 3 aromatic rings. The highest BCUT2D eigenvalue weighted by Gasteiger charge is 2.27. The minimum Gasteiger partial charge on any atom is -0.489 e. The molecule has 0 N–H and O–H groups in total. The first kappa shape index (κ1) is 20.0. The van der Waals surface area contributed by atoms with Gasteiger partial charge in [-0.25, -0.2) is 9.59 Å². The standard InChI is InChI=1S/C24H18N2O5/c1-29-23(27)19-8-6-18(7-9-19)22-21(24(28)31-26-22)13-16-4-10-20(11-5-16)30-15-17-3-2-12-25-14-17/h2-14H,15H2,1H3/b21-13-. The third kappa shape index (κ3) is 4.67. The van der Waals surface area contributed by atoms with Crippen molar-refractivity contribution in [3.63, 3.8) is 0 Å². The monoisotopic (exact) mass is 414 g/mol. The molecular formula is C24H18N2O5. The van der Waals surface area contributed by atoms with E-state index >= 15 is 0 Å². The maximum atomic E-state index is 12.2. The average molecular weight is 414 g/mol. The summed E-state index contributed by atoms with van der Waals surface area (Å²) in [7, 11) is 1.32. The smallest absolute Gasteiger partial charge is 0.368 e. The van der Waals surface area contributed by atoms with Crippen LogP contribution < -0.4 is 4.74 Å². The highest BCUT2D eigenvalue weighted by molar-refractivity contribution is 6.31. The van der Waals surface area contributed by atoms with Gasteiger partial charge in [-0.1, -0.05) is 35.5 Å². The highest BCUT2D eigenvalue weighted by Crippen LogP contribution is 2.23. The van der Waals surface area contributed by atoms with E-state index < -0.39 is 11.9 Å². The number of benzene rings is 2. The van der Waals surface area contributed by atoms with E-state index in [9.17, 15) is 9.59 Å². The first-order valence-electron chi connectivity index (χ1n) is 9.46. The lowest BCUT2D eigenvalue weighted by atomic mass is 9.99. The Balaban J connectivity index is 1.49. The Labute approximate surface area is 178 Å². The summed E-state index contributed by atoms with van der Waals surface area (Å²) in [6, 6.07) is 17.7. The molecule has 4 rings (SSSR count). The van der Waals surface area contributed by atoms with Crippen molar-refractivity contribution >= 4 is 23.7 Å². The number of nitrogens with zero attached hydrogens (tertiary/aromatic N) is 2. The van der Waals surface area contributed by atoms with Crippen molar-refractivity contribution in [2.75, 3.05) is 7.11 Å². The van der Waals surface area contributed by atoms with Crippen LogP contribution in [0.15, 0.2) is 83.8 Å². The Kier molecular flexibility index (Phi) is 5.84. The Morgan fingerprint density at radius 2 is 1.84 bits per heavy atom. The topological polar surface area (TPSA) is 87.1 Å². The number of methoxy groups -OCH3 is 1. The molecule has 31 heavy (non-hydrogen) atoms.